The first-order chi connectivity index (χ1) is 11.7. The zero-order valence-electron chi connectivity index (χ0n) is 14.8. The number of hydrogen-bond donors (Lipinski definition) is 1. The molecule has 1 heterocycles. The normalized spacial score (nSPS) is 15.4. The van der Waals surface area contributed by atoms with Crippen LogP contribution in [0.15, 0.2) is 48.5 Å². The number of nitrogens with zero attached hydrogens (tertiary/aromatic N) is 1. The van der Waals surface area contributed by atoms with E-state index in [-0.39, 0.29) is 17.0 Å². The van der Waals surface area contributed by atoms with Crippen molar-refractivity contribution >= 4 is 23.1 Å². The van der Waals surface area contributed by atoms with Crippen LogP contribution in [0.2, 0.25) is 0 Å². The lowest BCUT2D eigenvalue weighted by molar-refractivity contribution is 0.0691. The van der Waals surface area contributed by atoms with E-state index in [1.165, 1.54) is 6.07 Å². The lowest BCUT2D eigenvalue weighted by Gasteiger charge is -2.41. The molecule has 0 fully saturated rings. The molecule has 0 spiro atoms. The SMILES string of the molecule is CC1=CC(C)(C)N(C(=O)c2ccccc2C(=O)O)c2ccc(C)cc21. The van der Waals surface area contributed by atoms with Crippen molar-refractivity contribution in [1.82, 2.24) is 0 Å². The molecule has 4 heteroatoms. The van der Waals surface area contributed by atoms with Gasteiger partial charge in [0.15, 0.2) is 0 Å². The molecule has 3 rings (SSSR count). The molecule has 1 amide bonds. The number of aromatic carboxylic acids is 1. The lowest BCUT2D eigenvalue weighted by Crippen LogP contribution is -2.49. The first kappa shape index (κ1) is 17.0. The van der Waals surface area contributed by atoms with Crippen LogP contribution >= 0.6 is 0 Å². The molecule has 1 aliphatic rings. The summed E-state index contributed by atoms with van der Waals surface area (Å²) in [6, 6.07) is 12.3. The molecule has 0 radical (unpaired) electrons. The molecule has 0 atom stereocenters. The predicted octanol–water partition coefficient (Wildman–Crippen LogP) is 4.54. The highest BCUT2D eigenvalue weighted by atomic mass is 16.4. The summed E-state index contributed by atoms with van der Waals surface area (Å²) in [5, 5.41) is 9.43. The van der Waals surface area contributed by atoms with Crippen LogP contribution in [0.25, 0.3) is 5.57 Å². The summed E-state index contributed by atoms with van der Waals surface area (Å²) in [6.45, 7) is 7.97. The van der Waals surface area contributed by atoms with Crippen LogP contribution in [-0.2, 0) is 0 Å². The van der Waals surface area contributed by atoms with E-state index in [1.807, 2.05) is 39.8 Å². The summed E-state index contributed by atoms with van der Waals surface area (Å²) in [5.74, 6) is -1.41. The van der Waals surface area contributed by atoms with E-state index >= 15 is 0 Å². The number of benzene rings is 2. The minimum absolute atomic E-state index is 0.0169. The number of allylic oxidation sites excluding steroid dienone is 1. The van der Waals surface area contributed by atoms with Crippen molar-refractivity contribution in [2.24, 2.45) is 0 Å². The molecule has 1 aliphatic heterocycles. The Balaban J connectivity index is 2.20. The number of anilines is 1. The van der Waals surface area contributed by atoms with E-state index in [0.717, 1.165) is 22.4 Å². The van der Waals surface area contributed by atoms with Crippen LogP contribution < -0.4 is 4.90 Å². The second-order valence-electron chi connectivity index (χ2n) is 6.99. The standard InChI is InChI=1S/C21H21NO3/c1-13-9-10-18-17(11-13)14(2)12-21(3,4)22(18)19(23)15-7-5-6-8-16(15)20(24)25/h5-12H,1-4H3,(H,24,25). The number of hydrogen-bond acceptors (Lipinski definition) is 2. The number of carbonyl (C=O) groups is 2. The zero-order chi connectivity index (χ0) is 18.4. The molecule has 2 aromatic rings. The number of carboxylic acids is 1. The maximum Gasteiger partial charge on any atom is 0.336 e. The Morgan fingerprint density at radius 3 is 2.28 bits per heavy atom. The summed E-state index contributed by atoms with van der Waals surface area (Å²) in [5.41, 5.74) is 3.69. The highest BCUT2D eigenvalue weighted by Gasteiger charge is 2.37. The quantitative estimate of drug-likeness (QED) is 0.877. The van der Waals surface area contributed by atoms with Crippen LogP contribution in [0, 0.1) is 6.92 Å². The Kier molecular flexibility index (Phi) is 3.99. The van der Waals surface area contributed by atoms with E-state index in [1.54, 1.807) is 23.1 Å². The maximum atomic E-state index is 13.3. The van der Waals surface area contributed by atoms with Crippen LogP contribution in [0.4, 0.5) is 5.69 Å². The van der Waals surface area contributed by atoms with Crippen molar-refractivity contribution in [1.29, 1.82) is 0 Å². The lowest BCUT2D eigenvalue weighted by atomic mass is 9.87. The third kappa shape index (κ3) is 2.84. The first-order valence-electron chi connectivity index (χ1n) is 8.20. The second kappa shape index (κ2) is 5.88. The number of carboxylic acid groups (broad SMARTS) is 1. The van der Waals surface area contributed by atoms with Crippen LogP contribution in [0.5, 0.6) is 0 Å². The van der Waals surface area contributed by atoms with Crippen molar-refractivity contribution < 1.29 is 14.7 Å². The van der Waals surface area contributed by atoms with Crippen molar-refractivity contribution in [3.05, 3.63) is 70.8 Å². The molecule has 4 nitrogen and oxygen atoms in total. The first-order valence-corrected chi connectivity index (χ1v) is 8.20. The minimum atomic E-state index is -1.10. The fourth-order valence-electron chi connectivity index (χ4n) is 3.49. The maximum absolute atomic E-state index is 13.3. The van der Waals surface area contributed by atoms with Crippen molar-refractivity contribution in [3.63, 3.8) is 0 Å². The average Bonchev–Trinajstić information content (AvgIpc) is 2.54. The molecule has 0 aliphatic carbocycles. The highest BCUT2D eigenvalue weighted by molar-refractivity contribution is 6.14. The van der Waals surface area contributed by atoms with Gasteiger partial charge in [0.25, 0.3) is 5.91 Å². The summed E-state index contributed by atoms with van der Waals surface area (Å²) in [6.07, 6.45) is 2.05. The van der Waals surface area contributed by atoms with E-state index in [4.69, 9.17) is 0 Å². The number of aryl methyl sites for hydroxylation is 1. The average molecular weight is 335 g/mol. The van der Waals surface area contributed by atoms with Crippen molar-refractivity contribution in [3.8, 4) is 0 Å². The predicted molar refractivity (Wildman–Crippen MR) is 99.1 cm³/mol. The fraction of sp³-hybridized carbons (Fsp3) is 0.238. The molecule has 25 heavy (non-hydrogen) atoms. The Morgan fingerprint density at radius 2 is 1.64 bits per heavy atom. The van der Waals surface area contributed by atoms with Gasteiger partial charge in [-0.2, -0.15) is 0 Å². The summed E-state index contributed by atoms with van der Waals surface area (Å²) in [7, 11) is 0. The highest BCUT2D eigenvalue weighted by Crippen LogP contribution is 2.40. The minimum Gasteiger partial charge on any atom is -0.478 e. The Morgan fingerprint density at radius 1 is 1.00 bits per heavy atom. The van der Waals surface area contributed by atoms with Crippen molar-refractivity contribution in [2.75, 3.05) is 4.90 Å². The van der Waals surface area contributed by atoms with Crippen LogP contribution in [0.3, 0.4) is 0 Å². The van der Waals surface area contributed by atoms with E-state index < -0.39 is 11.5 Å². The summed E-state index contributed by atoms with van der Waals surface area (Å²) >= 11 is 0. The third-order valence-corrected chi connectivity index (χ3v) is 4.55. The molecular formula is C21H21NO3. The Bertz CT molecular complexity index is 909. The molecule has 1 N–H and O–H groups in total. The Hall–Kier alpha value is -2.88. The van der Waals surface area contributed by atoms with Gasteiger partial charge in [-0.3, -0.25) is 9.69 Å². The topological polar surface area (TPSA) is 57.6 Å². The molecule has 128 valence electrons. The molecule has 2 aromatic carbocycles. The molecule has 0 aromatic heterocycles. The van der Waals surface area contributed by atoms with Crippen molar-refractivity contribution in [2.45, 2.75) is 33.2 Å². The van der Waals surface area contributed by atoms with E-state index in [9.17, 15) is 14.7 Å². The Labute approximate surface area is 147 Å². The van der Waals surface area contributed by atoms with Gasteiger partial charge < -0.3 is 5.11 Å². The summed E-state index contributed by atoms with van der Waals surface area (Å²) in [4.78, 5) is 26.5. The van der Waals surface area contributed by atoms with Gasteiger partial charge in [0.05, 0.1) is 22.4 Å². The number of amides is 1. The number of carbonyl (C=O) groups excluding carboxylic acids is 1. The second-order valence-corrected chi connectivity index (χ2v) is 6.99. The monoisotopic (exact) mass is 335 g/mol. The van der Waals surface area contributed by atoms with E-state index in [2.05, 4.69) is 12.1 Å². The zero-order valence-corrected chi connectivity index (χ0v) is 14.8. The van der Waals surface area contributed by atoms with Gasteiger partial charge in [0.1, 0.15) is 0 Å². The van der Waals surface area contributed by atoms with Gasteiger partial charge in [-0.25, -0.2) is 4.79 Å². The van der Waals surface area contributed by atoms with Gasteiger partial charge in [-0.05, 0) is 57.5 Å². The molecule has 0 saturated carbocycles. The smallest absolute Gasteiger partial charge is 0.336 e. The van der Waals surface area contributed by atoms with Gasteiger partial charge in [-0.15, -0.1) is 0 Å². The largest absolute Gasteiger partial charge is 0.478 e. The van der Waals surface area contributed by atoms with Crippen LogP contribution in [0.1, 0.15) is 52.6 Å². The molecule has 0 saturated heterocycles. The number of fused-ring (bicyclic) bond motifs is 1. The van der Waals surface area contributed by atoms with Gasteiger partial charge in [-0.1, -0.05) is 29.8 Å². The summed E-state index contributed by atoms with van der Waals surface area (Å²) < 4.78 is 0. The van der Waals surface area contributed by atoms with E-state index in [0.29, 0.717) is 0 Å². The molecule has 0 unspecified atom stereocenters. The van der Waals surface area contributed by atoms with Gasteiger partial charge in [0, 0.05) is 5.56 Å². The third-order valence-electron chi connectivity index (χ3n) is 4.55. The van der Waals surface area contributed by atoms with Gasteiger partial charge in [0.2, 0.25) is 0 Å². The fourth-order valence-corrected chi connectivity index (χ4v) is 3.49. The van der Waals surface area contributed by atoms with Gasteiger partial charge >= 0.3 is 5.97 Å². The molecule has 0 bridgehead atoms. The van der Waals surface area contributed by atoms with Crippen LogP contribution in [-0.4, -0.2) is 22.5 Å². The number of rotatable bonds is 2. The molecular weight excluding hydrogens is 314 g/mol.